The second-order valence-corrected chi connectivity index (χ2v) is 5.56. The Hall–Kier alpha value is -0.900. The Balaban J connectivity index is 2.28. The van der Waals surface area contributed by atoms with Crippen LogP contribution < -0.4 is 5.73 Å². The van der Waals surface area contributed by atoms with E-state index < -0.39 is 0 Å². The minimum atomic E-state index is -0.166. The van der Waals surface area contributed by atoms with E-state index in [0.29, 0.717) is 5.02 Å². The van der Waals surface area contributed by atoms with Gasteiger partial charge in [0.1, 0.15) is 0 Å². The van der Waals surface area contributed by atoms with Crippen molar-refractivity contribution < 1.29 is 0 Å². The van der Waals surface area contributed by atoms with Crippen molar-refractivity contribution in [2.45, 2.75) is 18.9 Å². The number of aromatic nitrogens is 1. The Morgan fingerprint density at radius 2 is 2.06 bits per heavy atom. The predicted octanol–water partition coefficient (Wildman–Crippen LogP) is 4.30. The molecule has 1 heterocycles. The van der Waals surface area contributed by atoms with Crippen LogP contribution in [0.4, 0.5) is 0 Å². The van der Waals surface area contributed by atoms with Gasteiger partial charge < -0.3 is 5.73 Å². The molecule has 0 bridgehead atoms. The van der Waals surface area contributed by atoms with Crippen molar-refractivity contribution in [3.8, 4) is 0 Å². The zero-order valence-electron chi connectivity index (χ0n) is 9.98. The molecule has 1 aromatic heterocycles. The van der Waals surface area contributed by atoms with E-state index in [0.717, 1.165) is 15.7 Å². The molecule has 0 spiro atoms. The largest absolute Gasteiger partial charge is 0.323 e. The normalized spacial score (nSPS) is 14.2. The van der Waals surface area contributed by atoms with Gasteiger partial charge in [0.15, 0.2) is 0 Å². The van der Waals surface area contributed by atoms with Gasteiger partial charge in [-0.05, 0) is 29.8 Å². The molecule has 2 atom stereocenters. The molecule has 2 unspecified atom stereocenters. The minimum Gasteiger partial charge on any atom is -0.323 e. The molecule has 0 radical (unpaired) electrons. The molecule has 0 aliphatic heterocycles. The zero-order valence-corrected chi connectivity index (χ0v) is 12.3. The Morgan fingerprint density at radius 3 is 2.67 bits per heavy atom. The third kappa shape index (κ3) is 2.91. The molecule has 0 fully saturated rings. The molecule has 2 N–H and O–H groups in total. The lowest BCUT2D eigenvalue weighted by atomic mass is 9.92. The van der Waals surface area contributed by atoms with Crippen molar-refractivity contribution in [2.75, 3.05) is 0 Å². The van der Waals surface area contributed by atoms with E-state index in [-0.39, 0.29) is 12.0 Å². The van der Waals surface area contributed by atoms with Crippen LogP contribution in [-0.2, 0) is 0 Å². The van der Waals surface area contributed by atoms with Gasteiger partial charge in [-0.15, -0.1) is 0 Å². The Bertz CT molecular complexity index is 531. The van der Waals surface area contributed by atoms with E-state index in [2.05, 4.69) is 27.8 Å². The summed E-state index contributed by atoms with van der Waals surface area (Å²) < 4.78 is 0.953. The lowest BCUT2D eigenvalue weighted by molar-refractivity contribution is 0.584. The average Bonchev–Trinajstić information content (AvgIpc) is 2.38. The summed E-state index contributed by atoms with van der Waals surface area (Å²) in [5, 5.41) is 0.680. The van der Waals surface area contributed by atoms with E-state index in [1.165, 1.54) is 0 Å². The molecule has 0 saturated heterocycles. The molecule has 2 aromatic rings. The van der Waals surface area contributed by atoms with E-state index in [1.54, 1.807) is 6.20 Å². The smallest absolute Gasteiger partial charge is 0.0465 e. The van der Waals surface area contributed by atoms with Crippen molar-refractivity contribution >= 4 is 27.5 Å². The van der Waals surface area contributed by atoms with Crippen LogP contribution in [0.1, 0.15) is 30.1 Å². The van der Waals surface area contributed by atoms with Gasteiger partial charge in [0, 0.05) is 33.3 Å². The third-order valence-electron chi connectivity index (χ3n) is 3.01. The summed E-state index contributed by atoms with van der Waals surface area (Å²) in [5.74, 6) is 0.116. The number of nitrogens with two attached hydrogens (primary N) is 1. The molecular formula is C14H14BrClN2. The molecule has 1 aromatic carbocycles. The number of hydrogen-bond acceptors (Lipinski definition) is 2. The number of pyridine rings is 1. The lowest BCUT2D eigenvalue weighted by Crippen LogP contribution is -2.18. The fourth-order valence-electron chi connectivity index (χ4n) is 1.87. The van der Waals surface area contributed by atoms with Gasteiger partial charge in [-0.2, -0.15) is 0 Å². The van der Waals surface area contributed by atoms with E-state index in [9.17, 15) is 0 Å². The number of benzene rings is 1. The van der Waals surface area contributed by atoms with E-state index >= 15 is 0 Å². The number of halogens is 2. The minimum absolute atomic E-state index is 0.116. The lowest BCUT2D eigenvalue weighted by Gasteiger charge is -2.21. The van der Waals surface area contributed by atoms with Gasteiger partial charge in [0.2, 0.25) is 0 Å². The van der Waals surface area contributed by atoms with Crippen LogP contribution in [0.15, 0.2) is 47.1 Å². The van der Waals surface area contributed by atoms with Gasteiger partial charge >= 0.3 is 0 Å². The first-order valence-electron chi connectivity index (χ1n) is 5.71. The summed E-state index contributed by atoms with van der Waals surface area (Å²) in [6.07, 6.45) is 1.78. The van der Waals surface area contributed by atoms with Crippen molar-refractivity contribution in [3.63, 3.8) is 0 Å². The Morgan fingerprint density at radius 1 is 1.28 bits per heavy atom. The van der Waals surface area contributed by atoms with Crippen LogP contribution in [-0.4, -0.2) is 4.98 Å². The number of rotatable bonds is 3. The first-order chi connectivity index (χ1) is 8.59. The van der Waals surface area contributed by atoms with E-state index in [1.807, 2.05) is 36.4 Å². The molecule has 0 saturated carbocycles. The van der Waals surface area contributed by atoms with E-state index in [4.69, 9.17) is 17.3 Å². The SMILES string of the molecule is CC(c1ccccn1)C(N)c1ccc(Br)cc1Cl. The Kier molecular flexibility index (Phi) is 4.38. The summed E-state index contributed by atoms with van der Waals surface area (Å²) >= 11 is 9.62. The van der Waals surface area contributed by atoms with Crippen LogP contribution in [0.3, 0.4) is 0 Å². The summed E-state index contributed by atoms with van der Waals surface area (Å²) in [6, 6.07) is 11.4. The summed E-state index contributed by atoms with van der Waals surface area (Å²) in [4.78, 5) is 4.34. The first kappa shape index (κ1) is 13.5. The van der Waals surface area contributed by atoms with Crippen LogP contribution in [0.2, 0.25) is 5.02 Å². The molecule has 4 heteroatoms. The maximum Gasteiger partial charge on any atom is 0.0465 e. The molecular weight excluding hydrogens is 312 g/mol. The van der Waals surface area contributed by atoms with Crippen molar-refractivity contribution in [3.05, 3.63) is 63.3 Å². The molecule has 2 nitrogen and oxygen atoms in total. The molecule has 94 valence electrons. The van der Waals surface area contributed by atoms with Crippen molar-refractivity contribution in [1.82, 2.24) is 4.98 Å². The van der Waals surface area contributed by atoms with Crippen LogP contribution >= 0.6 is 27.5 Å². The van der Waals surface area contributed by atoms with Crippen molar-refractivity contribution in [2.24, 2.45) is 5.73 Å². The highest BCUT2D eigenvalue weighted by molar-refractivity contribution is 9.10. The van der Waals surface area contributed by atoms with Crippen LogP contribution in [0.5, 0.6) is 0 Å². The molecule has 2 rings (SSSR count). The Labute approximate surface area is 120 Å². The standard InChI is InChI=1S/C14H14BrClN2/c1-9(13-4-2-3-7-18-13)14(17)11-6-5-10(15)8-12(11)16/h2-9,14H,17H2,1H3. The molecule has 0 aliphatic rings. The molecule has 18 heavy (non-hydrogen) atoms. The van der Waals surface area contributed by atoms with Crippen LogP contribution in [0, 0.1) is 0 Å². The second kappa shape index (κ2) is 5.83. The predicted molar refractivity (Wildman–Crippen MR) is 78.7 cm³/mol. The van der Waals surface area contributed by atoms with Crippen molar-refractivity contribution in [1.29, 1.82) is 0 Å². The summed E-state index contributed by atoms with van der Waals surface area (Å²) in [5.41, 5.74) is 8.20. The highest BCUT2D eigenvalue weighted by Crippen LogP contribution is 2.32. The highest BCUT2D eigenvalue weighted by Gasteiger charge is 2.19. The number of nitrogens with zero attached hydrogens (tertiary/aromatic N) is 1. The summed E-state index contributed by atoms with van der Waals surface area (Å²) in [6.45, 7) is 2.06. The maximum atomic E-state index is 6.28. The molecule has 0 amide bonds. The third-order valence-corrected chi connectivity index (χ3v) is 3.84. The highest BCUT2D eigenvalue weighted by atomic mass is 79.9. The van der Waals surface area contributed by atoms with Crippen LogP contribution in [0.25, 0.3) is 0 Å². The van der Waals surface area contributed by atoms with Gasteiger partial charge in [-0.3, -0.25) is 4.98 Å². The fraction of sp³-hybridized carbons (Fsp3) is 0.214. The van der Waals surface area contributed by atoms with Gasteiger partial charge in [0.05, 0.1) is 0 Å². The number of hydrogen-bond donors (Lipinski definition) is 1. The second-order valence-electron chi connectivity index (χ2n) is 4.23. The summed E-state index contributed by atoms with van der Waals surface area (Å²) in [7, 11) is 0. The molecule has 0 aliphatic carbocycles. The maximum absolute atomic E-state index is 6.28. The fourth-order valence-corrected chi connectivity index (χ4v) is 2.67. The average molecular weight is 326 g/mol. The first-order valence-corrected chi connectivity index (χ1v) is 6.88. The van der Waals surface area contributed by atoms with Gasteiger partial charge in [0.25, 0.3) is 0 Å². The quantitative estimate of drug-likeness (QED) is 0.913. The zero-order chi connectivity index (χ0) is 13.1. The van der Waals surface area contributed by atoms with Gasteiger partial charge in [-0.25, -0.2) is 0 Å². The topological polar surface area (TPSA) is 38.9 Å². The van der Waals surface area contributed by atoms with Gasteiger partial charge in [-0.1, -0.05) is 46.6 Å². The monoisotopic (exact) mass is 324 g/mol.